The summed E-state index contributed by atoms with van der Waals surface area (Å²) in [5.41, 5.74) is 2.12. The van der Waals surface area contributed by atoms with Crippen LogP contribution in [-0.2, 0) is 17.8 Å². The average Bonchev–Trinajstić information content (AvgIpc) is 3.37. The van der Waals surface area contributed by atoms with Crippen LogP contribution in [0, 0.1) is 6.92 Å². The van der Waals surface area contributed by atoms with Gasteiger partial charge in [-0.3, -0.25) is 9.48 Å². The van der Waals surface area contributed by atoms with E-state index in [9.17, 15) is 4.79 Å². The Labute approximate surface area is 170 Å². The lowest BCUT2D eigenvalue weighted by Gasteiger charge is -2.31. The number of amides is 1. The van der Waals surface area contributed by atoms with Crippen molar-refractivity contribution in [3.8, 4) is 5.75 Å². The van der Waals surface area contributed by atoms with Crippen molar-refractivity contribution in [3.05, 3.63) is 65.6 Å². The number of carbonyl (C=O) groups excluding carboxylic acids is 1. The van der Waals surface area contributed by atoms with Gasteiger partial charge in [0.1, 0.15) is 18.1 Å². The van der Waals surface area contributed by atoms with Gasteiger partial charge in [-0.15, -0.1) is 0 Å². The zero-order valence-corrected chi connectivity index (χ0v) is 16.9. The molecule has 29 heavy (non-hydrogen) atoms. The molecule has 0 saturated carbocycles. The van der Waals surface area contributed by atoms with Gasteiger partial charge in [-0.2, -0.15) is 5.10 Å². The summed E-state index contributed by atoms with van der Waals surface area (Å²) >= 11 is 0. The number of oxazole rings is 1. The van der Waals surface area contributed by atoms with E-state index in [0.29, 0.717) is 18.9 Å². The Hall–Kier alpha value is -3.09. The van der Waals surface area contributed by atoms with Crippen LogP contribution < -0.4 is 4.74 Å². The number of carbonyl (C=O) groups is 1. The van der Waals surface area contributed by atoms with Crippen molar-refractivity contribution in [2.75, 3.05) is 20.2 Å². The first-order valence-corrected chi connectivity index (χ1v) is 9.95. The summed E-state index contributed by atoms with van der Waals surface area (Å²) in [4.78, 5) is 19.1. The first-order chi connectivity index (χ1) is 14.1. The number of aromatic nitrogens is 3. The van der Waals surface area contributed by atoms with Crippen LogP contribution in [0.2, 0.25) is 0 Å². The Morgan fingerprint density at radius 3 is 2.97 bits per heavy atom. The molecule has 4 rings (SSSR count). The molecule has 0 aliphatic carbocycles. The van der Waals surface area contributed by atoms with Crippen molar-refractivity contribution in [1.82, 2.24) is 19.7 Å². The highest BCUT2D eigenvalue weighted by atomic mass is 16.5. The molecule has 1 saturated heterocycles. The molecule has 0 spiro atoms. The molecule has 2 aromatic heterocycles. The minimum Gasteiger partial charge on any atom is -0.496 e. The van der Waals surface area contributed by atoms with E-state index in [0.717, 1.165) is 42.0 Å². The maximum atomic E-state index is 12.7. The molecule has 0 unspecified atom stereocenters. The third-order valence-electron chi connectivity index (χ3n) is 5.31. The van der Waals surface area contributed by atoms with E-state index in [1.54, 1.807) is 24.2 Å². The molecule has 1 atom stereocenters. The maximum absolute atomic E-state index is 12.7. The predicted octanol–water partition coefficient (Wildman–Crippen LogP) is 3.19. The van der Waals surface area contributed by atoms with Crippen LogP contribution >= 0.6 is 0 Å². The highest BCUT2D eigenvalue weighted by molar-refractivity contribution is 5.76. The molecule has 3 heterocycles. The Balaban J connectivity index is 1.40. The van der Waals surface area contributed by atoms with Crippen molar-refractivity contribution in [2.45, 2.75) is 38.6 Å². The SMILES string of the molecule is COc1ccccc1Cc1cnc([C@H]2CCCN(C(=O)Cn3cc(C)cn3)C2)o1. The Bertz CT molecular complexity index is 978. The summed E-state index contributed by atoms with van der Waals surface area (Å²) in [5.74, 6) is 2.56. The summed E-state index contributed by atoms with van der Waals surface area (Å²) in [6, 6.07) is 7.91. The number of piperidine rings is 1. The van der Waals surface area contributed by atoms with Gasteiger partial charge in [-0.25, -0.2) is 4.98 Å². The number of benzene rings is 1. The zero-order chi connectivity index (χ0) is 20.2. The lowest BCUT2D eigenvalue weighted by atomic mass is 9.98. The number of methoxy groups -OCH3 is 1. The van der Waals surface area contributed by atoms with E-state index in [2.05, 4.69) is 10.1 Å². The Kier molecular flexibility index (Phi) is 5.64. The largest absolute Gasteiger partial charge is 0.496 e. The van der Waals surface area contributed by atoms with Crippen LogP contribution in [0.25, 0.3) is 0 Å². The van der Waals surface area contributed by atoms with Crippen molar-refractivity contribution >= 4 is 5.91 Å². The molecule has 152 valence electrons. The Morgan fingerprint density at radius 2 is 2.17 bits per heavy atom. The number of ether oxygens (including phenoxy) is 1. The van der Waals surface area contributed by atoms with Gasteiger partial charge in [0, 0.05) is 31.3 Å². The summed E-state index contributed by atoms with van der Waals surface area (Å²) in [6.45, 7) is 3.64. The maximum Gasteiger partial charge on any atom is 0.244 e. The molecular formula is C22H26N4O3. The summed E-state index contributed by atoms with van der Waals surface area (Å²) < 4.78 is 13.2. The number of nitrogens with zero attached hydrogens (tertiary/aromatic N) is 4. The standard InChI is InChI=1S/C22H26N4O3/c1-16-11-24-26(13-16)15-21(27)25-9-5-7-18(14-25)22-23-12-19(29-22)10-17-6-3-4-8-20(17)28-2/h3-4,6,8,11-13,18H,5,7,9-10,14-15H2,1-2H3/t18-/m0/s1. The number of likely N-dealkylation sites (tertiary alicyclic amines) is 1. The number of aryl methyl sites for hydroxylation is 1. The zero-order valence-electron chi connectivity index (χ0n) is 16.9. The molecule has 1 aromatic carbocycles. The smallest absolute Gasteiger partial charge is 0.244 e. The van der Waals surface area contributed by atoms with Crippen molar-refractivity contribution in [1.29, 1.82) is 0 Å². The predicted molar refractivity (Wildman–Crippen MR) is 108 cm³/mol. The van der Waals surface area contributed by atoms with E-state index in [1.807, 2.05) is 42.3 Å². The molecule has 1 amide bonds. The van der Waals surface area contributed by atoms with Crippen LogP contribution in [0.4, 0.5) is 0 Å². The second kappa shape index (κ2) is 8.51. The molecular weight excluding hydrogens is 368 g/mol. The second-order valence-electron chi connectivity index (χ2n) is 7.55. The minimum atomic E-state index is 0.0820. The van der Waals surface area contributed by atoms with Crippen LogP contribution in [-0.4, -0.2) is 45.8 Å². The number of hydrogen-bond donors (Lipinski definition) is 0. The van der Waals surface area contributed by atoms with Gasteiger partial charge in [0.05, 0.1) is 25.4 Å². The van der Waals surface area contributed by atoms with Gasteiger partial charge >= 0.3 is 0 Å². The lowest BCUT2D eigenvalue weighted by molar-refractivity contribution is -0.133. The molecule has 0 N–H and O–H groups in total. The first kappa shape index (κ1) is 19.2. The van der Waals surface area contributed by atoms with Gasteiger partial charge in [-0.1, -0.05) is 18.2 Å². The molecule has 1 aliphatic heterocycles. The van der Waals surface area contributed by atoms with Crippen LogP contribution in [0.15, 0.2) is 47.3 Å². The number of rotatable bonds is 6. The van der Waals surface area contributed by atoms with E-state index < -0.39 is 0 Å². The molecule has 1 aliphatic rings. The average molecular weight is 394 g/mol. The fourth-order valence-electron chi connectivity index (χ4n) is 3.83. The molecule has 1 fully saturated rings. The normalized spacial score (nSPS) is 16.8. The van der Waals surface area contributed by atoms with E-state index >= 15 is 0 Å². The monoisotopic (exact) mass is 394 g/mol. The quantitative estimate of drug-likeness (QED) is 0.642. The van der Waals surface area contributed by atoms with Crippen molar-refractivity contribution in [2.24, 2.45) is 0 Å². The van der Waals surface area contributed by atoms with E-state index in [1.165, 1.54) is 0 Å². The summed E-state index contributed by atoms with van der Waals surface area (Å²) in [6.07, 6.45) is 7.98. The Morgan fingerprint density at radius 1 is 1.31 bits per heavy atom. The third kappa shape index (κ3) is 4.50. The van der Waals surface area contributed by atoms with Crippen LogP contribution in [0.3, 0.4) is 0 Å². The minimum absolute atomic E-state index is 0.0820. The van der Waals surface area contributed by atoms with Gasteiger partial charge in [0.15, 0.2) is 5.89 Å². The first-order valence-electron chi connectivity index (χ1n) is 9.95. The van der Waals surface area contributed by atoms with E-state index in [-0.39, 0.29) is 18.4 Å². The number of para-hydroxylation sites is 1. The van der Waals surface area contributed by atoms with Crippen LogP contribution in [0.5, 0.6) is 5.75 Å². The van der Waals surface area contributed by atoms with Gasteiger partial charge in [0.2, 0.25) is 5.91 Å². The topological polar surface area (TPSA) is 73.4 Å². The third-order valence-corrected chi connectivity index (χ3v) is 5.31. The molecule has 7 heteroatoms. The summed E-state index contributed by atoms with van der Waals surface area (Å²) in [5, 5.41) is 4.21. The number of hydrogen-bond acceptors (Lipinski definition) is 5. The van der Waals surface area contributed by atoms with Gasteiger partial charge in [-0.05, 0) is 31.4 Å². The fourth-order valence-corrected chi connectivity index (χ4v) is 3.83. The fraction of sp³-hybridized carbons (Fsp3) is 0.409. The molecule has 0 radical (unpaired) electrons. The van der Waals surface area contributed by atoms with Gasteiger partial charge < -0.3 is 14.1 Å². The van der Waals surface area contributed by atoms with Crippen LogP contribution in [0.1, 0.15) is 41.5 Å². The molecule has 7 nitrogen and oxygen atoms in total. The molecule has 0 bridgehead atoms. The molecule has 3 aromatic rings. The lowest BCUT2D eigenvalue weighted by Crippen LogP contribution is -2.41. The van der Waals surface area contributed by atoms with Gasteiger partial charge in [0.25, 0.3) is 0 Å². The second-order valence-corrected chi connectivity index (χ2v) is 7.55. The summed E-state index contributed by atoms with van der Waals surface area (Å²) in [7, 11) is 1.67. The highest BCUT2D eigenvalue weighted by Gasteiger charge is 2.28. The van der Waals surface area contributed by atoms with Crippen molar-refractivity contribution in [3.63, 3.8) is 0 Å². The van der Waals surface area contributed by atoms with E-state index in [4.69, 9.17) is 9.15 Å². The van der Waals surface area contributed by atoms with Crippen molar-refractivity contribution < 1.29 is 13.9 Å². The highest BCUT2D eigenvalue weighted by Crippen LogP contribution is 2.28.